The van der Waals surface area contributed by atoms with E-state index < -0.39 is 32.6 Å². The van der Waals surface area contributed by atoms with Crippen LogP contribution in [0.1, 0.15) is 61.4 Å². The monoisotopic (exact) mass is 526 g/mol. The fourth-order valence-electron chi connectivity index (χ4n) is 4.06. The highest BCUT2D eigenvalue weighted by Crippen LogP contribution is 2.31. The van der Waals surface area contributed by atoms with Crippen molar-refractivity contribution < 1.29 is 22.3 Å². The van der Waals surface area contributed by atoms with Gasteiger partial charge in [-0.15, -0.1) is 0 Å². The molecule has 0 atom stereocenters. The summed E-state index contributed by atoms with van der Waals surface area (Å²) in [5.74, 6) is -1.22. The van der Waals surface area contributed by atoms with Gasteiger partial charge in [0.2, 0.25) is 10.0 Å². The molecule has 1 amide bonds. The second kappa shape index (κ2) is 11.3. The summed E-state index contributed by atoms with van der Waals surface area (Å²) in [6.07, 6.45) is 5.10. The Balaban J connectivity index is 1.69. The number of ether oxygens (including phenoxy) is 1. The topological polar surface area (TPSA) is 105 Å². The summed E-state index contributed by atoms with van der Waals surface area (Å²) in [6.45, 7) is 4.50. The van der Waals surface area contributed by atoms with E-state index in [0.717, 1.165) is 31.2 Å². The Bertz CT molecular complexity index is 1440. The van der Waals surface area contributed by atoms with Crippen LogP contribution in [0.25, 0.3) is 22.4 Å². The zero-order chi connectivity index (χ0) is 26.6. The van der Waals surface area contributed by atoms with Crippen LogP contribution in [0, 0.1) is 12.7 Å². The summed E-state index contributed by atoms with van der Waals surface area (Å²) in [6, 6.07) is 13.0. The van der Waals surface area contributed by atoms with Crippen molar-refractivity contribution in [1.29, 1.82) is 0 Å². The predicted molar refractivity (Wildman–Crippen MR) is 142 cm³/mol. The third kappa shape index (κ3) is 6.46. The molecule has 1 aliphatic rings. The third-order valence-electron chi connectivity index (χ3n) is 6.32. The smallest absolute Gasteiger partial charge is 0.270 e. The number of hydrogen-bond acceptors (Lipinski definition) is 5. The van der Waals surface area contributed by atoms with E-state index in [4.69, 9.17) is 4.74 Å². The van der Waals surface area contributed by atoms with E-state index in [0.29, 0.717) is 30.8 Å². The fourth-order valence-corrected chi connectivity index (χ4v) is 5.34. The molecule has 0 radical (unpaired) electrons. The number of pyridine rings is 1. The number of carbonyl (C=O) groups is 1. The molecule has 7 nitrogen and oxygen atoms in total. The van der Waals surface area contributed by atoms with Crippen LogP contribution in [0.5, 0.6) is 5.75 Å². The Kier molecular flexibility index (Phi) is 8.12. The van der Waals surface area contributed by atoms with Gasteiger partial charge < -0.3 is 9.72 Å². The zero-order valence-corrected chi connectivity index (χ0v) is 21.8. The molecule has 4 rings (SSSR count). The number of unbranched alkanes of at least 4 members (excludes halogenated alkanes) is 3. The van der Waals surface area contributed by atoms with E-state index in [-0.39, 0.29) is 22.4 Å². The molecule has 1 aromatic heterocycles. The number of amides is 1. The maximum atomic E-state index is 15.1. The second-order valence-electron chi connectivity index (χ2n) is 9.39. The molecule has 0 bridgehead atoms. The summed E-state index contributed by atoms with van der Waals surface area (Å²) in [5.41, 5.74) is 0.830. The molecule has 0 unspecified atom stereocenters. The van der Waals surface area contributed by atoms with E-state index in [9.17, 15) is 18.0 Å². The lowest BCUT2D eigenvalue weighted by molar-refractivity contribution is 0.0980. The maximum Gasteiger partial charge on any atom is 0.270 e. The molecule has 1 heterocycles. The molecule has 1 saturated carbocycles. The number of nitrogens with one attached hydrogen (secondary N) is 2. The van der Waals surface area contributed by atoms with E-state index in [2.05, 4.69) is 11.9 Å². The second-order valence-corrected chi connectivity index (χ2v) is 11.4. The van der Waals surface area contributed by atoms with Crippen molar-refractivity contribution in [1.82, 2.24) is 9.71 Å². The summed E-state index contributed by atoms with van der Waals surface area (Å²) in [4.78, 5) is 28.7. The molecule has 3 aromatic rings. The number of halogens is 1. The van der Waals surface area contributed by atoms with Gasteiger partial charge in [-0.2, -0.15) is 0 Å². The standard InChI is InChI=1S/C28H31FN2O5S/c1-3-4-5-6-15-36-20-11-14-22(24(29)16-20)25-17-23(19-9-7-18(2)8-10-19)26(27(32)30-25)28(33)31-37(34,35)21-12-13-21/h7-11,14,16-17,21H,3-6,12-13,15H2,1-2H3,(H,30,32)(H,31,33). The Morgan fingerprint density at radius 2 is 1.78 bits per heavy atom. The Morgan fingerprint density at radius 1 is 1.05 bits per heavy atom. The van der Waals surface area contributed by atoms with Gasteiger partial charge in [-0.05, 0) is 49.9 Å². The number of aromatic nitrogens is 1. The minimum absolute atomic E-state index is 0.126. The van der Waals surface area contributed by atoms with Crippen LogP contribution in [-0.2, 0) is 10.0 Å². The Hall–Kier alpha value is -3.46. The van der Waals surface area contributed by atoms with E-state index in [1.165, 1.54) is 18.2 Å². The van der Waals surface area contributed by atoms with Gasteiger partial charge in [-0.1, -0.05) is 56.0 Å². The number of sulfonamides is 1. The minimum Gasteiger partial charge on any atom is -0.493 e. The first-order chi connectivity index (χ1) is 17.7. The average molecular weight is 527 g/mol. The highest BCUT2D eigenvalue weighted by molar-refractivity contribution is 7.91. The number of benzene rings is 2. The van der Waals surface area contributed by atoms with Crippen LogP contribution < -0.4 is 15.0 Å². The van der Waals surface area contributed by atoms with Crippen LogP contribution in [0.4, 0.5) is 4.39 Å². The van der Waals surface area contributed by atoms with Crippen LogP contribution >= 0.6 is 0 Å². The van der Waals surface area contributed by atoms with Crippen molar-refractivity contribution in [2.75, 3.05) is 6.61 Å². The van der Waals surface area contributed by atoms with Crippen molar-refractivity contribution in [2.45, 2.75) is 57.6 Å². The number of aryl methyl sites for hydroxylation is 1. The summed E-state index contributed by atoms with van der Waals surface area (Å²) in [7, 11) is -3.87. The first kappa shape index (κ1) is 26.6. The molecular weight excluding hydrogens is 495 g/mol. The molecule has 1 fully saturated rings. The molecule has 37 heavy (non-hydrogen) atoms. The van der Waals surface area contributed by atoms with Gasteiger partial charge in [-0.25, -0.2) is 17.5 Å². The molecule has 196 valence electrons. The lowest BCUT2D eigenvalue weighted by Crippen LogP contribution is -2.37. The van der Waals surface area contributed by atoms with E-state index in [1.54, 1.807) is 18.2 Å². The molecule has 0 saturated heterocycles. The highest BCUT2D eigenvalue weighted by atomic mass is 32.2. The SMILES string of the molecule is CCCCCCOc1ccc(-c2cc(-c3ccc(C)cc3)c(C(=O)NS(=O)(=O)C3CC3)c(=O)[nH]2)c(F)c1. The predicted octanol–water partition coefficient (Wildman–Crippen LogP) is 5.34. The first-order valence-corrected chi connectivity index (χ1v) is 14.1. The van der Waals surface area contributed by atoms with Crippen molar-refractivity contribution in [3.05, 3.63) is 75.8 Å². The molecule has 0 aliphatic heterocycles. The van der Waals surface area contributed by atoms with Crippen molar-refractivity contribution in [2.24, 2.45) is 0 Å². The number of H-pyrrole nitrogens is 1. The Morgan fingerprint density at radius 3 is 2.43 bits per heavy atom. The summed E-state index contributed by atoms with van der Waals surface area (Å²) >= 11 is 0. The molecule has 0 spiro atoms. The fraction of sp³-hybridized carbons (Fsp3) is 0.357. The largest absolute Gasteiger partial charge is 0.493 e. The lowest BCUT2D eigenvalue weighted by Gasteiger charge is -2.14. The zero-order valence-electron chi connectivity index (χ0n) is 21.0. The number of aromatic amines is 1. The molecule has 2 N–H and O–H groups in total. The first-order valence-electron chi connectivity index (χ1n) is 12.5. The van der Waals surface area contributed by atoms with Gasteiger partial charge in [0.15, 0.2) is 0 Å². The Labute approximate surface area is 216 Å². The van der Waals surface area contributed by atoms with Gasteiger partial charge in [0.25, 0.3) is 11.5 Å². The van der Waals surface area contributed by atoms with Crippen LogP contribution in [0.3, 0.4) is 0 Å². The average Bonchev–Trinajstić information content (AvgIpc) is 3.70. The normalized spacial score (nSPS) is 13.4. The third-order valence-corrected chi connectivity index (χ3v) is 8.14. The van der Waals surface area contributed by atoms with Crippen LogP contribution in [0.2, 0.25) is 0 Å². The molecule has 9 heteroatoms. The lowest BCUT2D eigenvalue weighted by atomic mass is 9.97. The van der Waals surface area contributed by atoms with Crippen LogP contribution in [-0.4, -0.2) is 31.2 Å². The van der Waals surface area contributed by atoms with Gasteiger partial charge in [0.1, 0.15) is 17.1 Å². The summed E-state index contributed by atoms with van der Waals surface area (Å²) < 4.78 is 47.5. The van der Waals surface area contributed by atoms with Gasteiger partial charge >= 0.3 is 0 Å². The van der Waals surface area contributed by atoms with Crippen molar-refractivity contribution in [3.8, 4) is 28.1 Å². The molecular formula is C28H31FN2O5S. The maximum absolute atomic E-state index is 15.1. The quantitative estimate of drug-likeness (QED) is 0.328. The van der Waals surface area contributed by atoms with Gasteiger partial charge in [-0.3, -0.25) is 9.59 Å². The van der Waals surface area contributed by atoms with Gasteiger partial charge in [0, 0.05) is 17.2 Å². The van der Waals surface area contributed by atoms with Crippen LogP contribution in [0.15, 0.2) is 53.3 Å². The number of hydrogen-bond donors (Lipinski definition) is 2. The summed E-state index contributed by atoms with van der Waals surface area (Å²) in [5, 5.41) is -0.626. The molecule has 2 aromatic carbocycles. The highest BCUT2D eigenvalue weighted by Gasteiger charge is 2.37. The van der Waals surface area contributed by atoms with Crippen molar-refractivity contribution >= 4 is 15.9 Å². The number of rotatable bonds is 11. The van der Waals surface area contributed by atoms with E-state index >= 15 is 4.39 Å². The van der Waals surface area contributed by atoms with Gasteiger partial charge in [0.05, 0.1) is 17.6 Å². The number of carbonyl (C=O) groups excluding carboxylic acids is 1. The molecule has 1 aliphatic carbocycles. The minimum atomic E-state index is -3.87. The van der Waals surface area contributed by atoms with Crippen molar-refractivity contribution in [3.63, 3.8) is 0 Å². The van der Waals surface area contributed by atoms with E-state index in [1.807, 2.05) is 23.8 Å².